The third kappa shape index (κ3) is 3.36. The Morgan fingerprint density at radius 1 is 1.42 bits per heavy atom. The topological polar surface area (TPSA) is 60.4 Å². The van der Waals surface area contributed by atoms with E-state index in [4.69, 9.17) is 4.74 Å². The van der Waals surface area contributed by atoms with Gasteiger partial charge in [-0.25, -0.2) is 8.42 Å². The van der Waals surface area contributed by atoms with Gasteiger partial charge in [-0.15, -0.1) is 0 Å². The molecule has 104 valence electrons. The van der Waals surface area contributed by atoms with Crippen LogP contribution in [0.15, 0.2) is 27.6 Å². The highest BCUT2D eigenvalue weighted by atomic mass is 79.9. The van der Waals surface area contributed by atoms with Gasteiger partial charge in [0.1, 0.15) is 0 Å². The van der Waals surface area contributed by atoms with Crippen LogP contribution in [0.3, 0.4) is 0 Å². The van der Waals surface area contributed by atoms with Crippen LogP contribution in [-0.2, 0) is 25.8 Å². The molecule has 0 amide bonds. The zero-order chi connectivity index (χ0) is 14.0. The van der Waals surface area contributed by atoms with Crippen LogP contribution in [-0.4, -0.2) is 26.2 Å². The molecule has 0 unspecified atom stereocenters. The van der Waals surface area contributed by atoms with Crippen molar-refractivity contribution < 1.29 is 17.9 Å². The lowest BCUT2D eigenvalue weighted by atomic mass is 10.1. The first-order chi connectivity index (χ1) is 8.95. The van der Waals surface area contributed by atoms with Crippen molar-refractivity contribution in [3.63, 3.8) is 0 Å². The number of halogens is 1. The Hall–Kier alpha value is -0.880. The van der Waals surface area contributed by atoms with Gasteiger partial charge in [-0.1, -0.05) is 6.07 Å². The molecule has 4 nitrogen and oxygen atoms in total. The first-order valence-electron chi connectivity index (χ1n) is 6.13. The molecule has 0 aliphatic heterocycles. The van der Waals surface area contributed by atoms with E-state index in [0.29, 0.717) is 16.0 Å². The van der Waals surface area contributed by atoms with Crippen molar-refractivity contribution in [1.82, 2.24) is 0 Å². The molecule has 0 bridgehead atoms. The van der Waals surface area contributed by atoms with Crippen molar-refractivity contribution >= 4 is 31.7 Å². The van der Waals surface area contributed by atoms with Crippen molar-refractivity contribution in [1.29, 1.82) is 0 Å². The molecule has 0 aromatic heterocycles. The fourth-order valence-electron chi connectivity index (χ4n) is 1.82. The lowest BCUT2D eigenvalue weighted by molar-refractivity contribution is -0.142. The highest BCUT2D eigenvalue weighted by Crippen LogP contribution is 2.36. The molecule has 2 rings (SSSR count). The number of carbonyl (C=O) groups excluding carboxylic acids is 1. The minimum atomic E-state index is -3.21. The van der Waals surface area contributed by atoms with Crippen molar-refractivity contribution in [2.75, 3.05) is 6.61 Å². The maximum absolute atomic E-state index is 12.1. The smallest absolute Gasteiger partial charge is 0.310 e. The van der Waals surface area contributed by atoms with E-state index in [-0.39, 0.29) is 17.6 Å². The quantitative estimate of drug-likeness (QED) is 0.768. The second kappa shape index (κ2) is 5.63. The van der Waals surface area contributed by atoms with Crippen LogP contribution >= 0.6 is 15.9 Å². The van der Waals surface area contributed by atoms with Gasteiger partial charge in [0.25, 0.3) is 0 Å². The summed E-state index contributed by atoms with van der Waals surface area (Å²) in [5.74, 6) is -0.313. The molecule has 0 heterocycles. The molecule has 0 atom stereocenters. The summed E-state index contributed by atoms with van der Waals surface area (Å²) in [6.45, 7) is 2.09. The third-order valence-corrected chi connectivity index (χ3v) is 6.16. The van der Waals surface area contributed by atoms with E-state index in [1.165, 1.54) is 0 Å². The van der Waals surface area contributed by atoms with E-state index in [9.17, 15) is 13.2 Å². The summed E-state index contributed by atoms with van der Waals surface area (Å²) >= 11 is 3.28. The Kier molecular flexibility index (Phi) is 4.30. The lowest BCUT2D eigenvalue weighted by Gasteiger charge is -2.08. The first kappa shape index (κ1) is 14.5. The minimum absolute atomic E-state index is 0.149. The lowest BCUT2D eigenvalue weighted by Crippen LogP contribution is -2.10. The van der Waals surface area contributed by atoms with Crippen molar-refractivity contribution in [3.8, 4) is 0 Å². The van der Waals surface area contributed by atoms with E-state index < -0.39 is 9.84 Å². The average molecular weight is 347 g/mol. The summed E-state index contributed by atoms with van der Waals surface area (Å²) in [6.07, 6.45) is 1.62. The summed E-state index contributed by atoms with van der Waals surface area (Å²) in [5, 5.41) is -0.236. The van der Waals surface area contributed by atoms with Gasteiger partial charge in [0, 0.05) is 4.47 Å². The van der Waals surface area contributed by atoms with E-state index in [0.717, 1.165) is 18.4 Å². The number of ether oxygens (including phenoxy) is 1. The Morgan fingerprint density at radius 3 is 2.63 bits per heavy atom. The molecule has 19 heavy (non-hydrogen) atoms. The molecule has 1 saturated carbocycles. The molecule has 0 saturated heterocycles. The van der Waals surface area contributed by atoms with E-state index in [1.54, 1.807) is 25.1 Å². The van der Waals surface area contributed by atoms with Gasteiger partial charge in [0.05, 0.1) is 23.2 Å². The fourth-order valence-corrected chi connectivity index (χ4v) is 4.63. The molecular weight excluding hydrogens is 332 g/mol. The van der Waals surface area contributed by atoms with Crippen LogP contribution in [0.5, 0.6) is 0 Å². The maximum atomic E-state index is 12.1. The largest absolute Gasteiger partial charge is 0.466 e. The number of hydrogen-bond donors (Lipinski definition) is 0. The standard InChI is InChI=1S/C13H15BrO4S/c1-2-18-13(15)8-9-3-6-12(11(14)7-9)19(16,17)10-4-5-10/h3,6-7,10H,2,4-5,8H2,1H3. The molecule has 1 fully saturated rings. The first-order valence-corrected chi connectivity index (χ1v) is 8.47. The average Bonchev–Trinajstić information content (AvgIpc) is 3.12. The summed E-state index contributed by atoms with van der Waals surface area (Å²) in [5.41, 5.74) is 0.736. The number of sulfone groups is 1. The molecule has 6 heteroatoms. The Balaban J connectivity index is 2.20. The van der Waals surface area contributed by atoms with Crippen LogP contribution in [0, 0.1) is 0 Å². The number of carbonyl (C=O) groups is 1. The van der Waals surface area contributed by atoms with Crippen molar-refractivity contribution in [2.24, 2.45) is 0 Å². The van der Waals surface area contributed by atoms with Gasteiger partial charge in [-0.05, 0) is 53.4 Å². The molecule has 0 radical (unpaired) electrons. The van der Waals surface area contributed by atoms with E-state index >= 15 is 0 Å². The third-order valence-electron chi connectivity index (χ3n) is 2.92. The minimum Gasteiger partial charge on any atom is -0.466 e. The highest BCUT2D eigenvalue weighted by Gasteiger charge is 2.37. The predicted molar refractivity (Wildman–Crippen MR) is 74.7 cm³/mol. The van der Waals surface area contributed by atoms with Crippen LogP contribution in [0.1, 0.15) is 25.3 Å². The summed E-state index contributed by atoms with van der Waals surface area (Å²) in [6, 6.07) is 4.90. The SMILES string of the molecule is CCOC(=O)Cc1ccc(S(=O)(=O)C2CC2)c(Br)c1. The van der Waals surface area contributed by atoms with E-state index in [1.807, 2.05) is 0 Å². The zero-order valence-corrected chi connectivity index (χ0v) is 13.0. The van der Waals surface area contributed by atoms with Gasteiger partial charge in [0.2, 0.25) is 0 Å². The Bertz CT molecular complexity index is 591. The number of esters is 1. The number of rotatable bonds is 5. The van der Waals surface area contributed by atoms with Gasteiger partial charge in [-0.2, -0.15) is 0 Å². The highest BCUT2D eigenvalue weighted by molar-refractivity contribution is 9.10. The van der Waals surface area contributed by atoms with Gasteiger partial charge >= 0.3 is 5.97 Å². The molecule has 1 aromatic rings. The predicted octanol–water partition coefficient (Wildman–Crippen LogP) is 2.49. The van der Waals surface area contributed by atoms with Crippen LogP contribution < -0.4 is 0 Å². The second-order valence-corrected chi connectivity index (χ2v) is 7.54. The monoisotopic (exact) mass is 346 g/mol. The molecule has 0 N–H and O–H groups in total. The van der Waals surface area contributed by atoms with Crippen molar-refractivity contribution in [2.45, 2.75) is 36.3 Å². The Morgan fingerprint density at radius 2 is 2.11 bits per heavy atom. The normalized spacial score (nSPS) is 15.3. The van der Waals surface area contributed by atoms with Crippen LogP contribution in [0.25, 0.3) is 0 Å². The van der Waals surface area contributed by atoms with Crippen molar-refractivity contribution in [3.05, 3.63) is 28.2 Å². The summed E-state index contributed by atoms with van der Waals surface area (Å²) in [4.78, 5) is 11.7. The van der Waals surface area contributed by atoms with Gasteiger partial charge in [0.15, 0.2) is 9.84 Å². The van der Waals surface area contributed by atoms with Crippen LogP contribution in [0.2, 0.25) is 0 Å². The molecule has 1 aliphatic carbocycles. The van der Waals surface area contributed by atoms with Gasteiger partial charge in [-0.3, -0.25) is 4.79 Å². The van der Waals surface area contributed by atoms with E-state index in [2.05, 4.69) is 15.9 Å². The molecule has 1 aromatic carbocycles. The zero-order valence-electron chi connectivity index (χ0n) is 10.6. The Labute approximate surface area is 121 Å². The molecule has 0 spiro atoms. The molecular formula is C13H15BrO4S. The molecule has 1 aliphatic rings. The summed E-state index contributed by atoms with van der Waals surface area (Å²) in [7, 11) is -3.21. The second-order valence-electron chi connectivity index (χ2n) is 4.49. The fraction of sp³-hybridized carbons (Fsp3) is 0.462. The number of benzene rings is 1. The van der Waals surface area contributed by atoms with Gasteiger partial charge < -0.3 is 4.74 Å². The maximum Gasteiger partial charge on any atom is 0.310 e. The van der Waals surface area contributed by atoms with Crippen LogP contribution in [0.4, 0.5) is 0 Å². The number of hydrogen-bond acceptors (Lipinski definition) is 4. The summed E-state index contributed by atoms with van der Waals surface area (Å²) < 4.78 is 29.6.